The van der Waals surface area contributed by atoms with Crippen molar-refractivity contribution in [3.63, 3.8) is 0 Å². The van der Waals surface area contributed by atoms with Gasteiger partial charge in [0, 0.05) is 17.9 Å². The number of alkyl halides is 1. The smallest absolute Gasteiger partial charge is 0.123 e. The number of nitrogens with zero attached hydrogens (tertiary/aromatic N) is 1. The molecule has 1 saturated carbocycles. The highest BCUT2D eigenvalue weighted by Crippen LogP contribution is 2.33. The first-order valence-corrected chi connectivity index (χ1v) is 6.62. The van der Waals surface area contributed by atoms with E-state index in [2.05, 4.69) is 27.9 Å². The van der Waals surface area contributed by atoms with Crippen LogP contribution in [0.3, 0.4) is 0 Å². The molecule has 3 heteroatoms. The molecule has 0 saturated heterocycles. The molecule has 2 rings (SSSR count). The molecule has 1 fully saturated rings. The van der Waals surface area contributed by atoms with Crippen molar-refractivity contribution in [3.8, 4) is 0 Å². The summed E-state index contributed by atoms with van der Waals surface area (Å²) in [6.07, 6.45) is 2.54. The summed E-state index contributed by atoms with van der Waals surface area (Å²) in [6, 6.07) is 6.86. The van der Waals surface area contributed by atoms with Gasteiger partial charge in [-0.2, -0.15) is 0 Å². The van der Waals surface area contributed by atoms with Gasteiger partial charge in [0.25, 0.3) is 0 Å². The van der Waals surface area contributed by atoms with Gasteiger partial charge in [-0.3, -0.25) is 0 Å². The van der Waals surface area contributed by atoms with Crippen LogP contribution in [-0.4, -0.2) is 23.3 Å². The summed E-state index contributed by atoms with van der Waals surface area (Å²) in [4.78, 5) is 3.00. The molecule has 0 heterocycles. The van der Waals surface area contributed by atoms with Gasteiger partial charge in [-0.1, -0.05) is 28.1 Å². The Labute approximate surface area is 105 Å². The molecule has 0 aliphatic heterocycles. The quantitative estimate of drug-likeness (QED) is 0.766. The van der Waals surface area contributed by atoms with Gasteiger partial charge in [0.15, 0.2) is 0 Å². The first-order chi connectivity index (χ1) is 7.63. The molecule has 0 amide bonds. The Hall–Kier alpha value is -0.410. The third kappa shape index (κ3) is 3.29. The Morgan fingerprint density at radius 1 is 1.44 bits per heavy atom. The third-order valence-corrected chi connectivity index (χ3v) is 3.84. The molecule has 1 aliphatic carbocycles. The summed E-state index contributed by atoms with van der Waals surface area (Å²) < 4.78 is 13.0. The van der Waals surface area contributed by atoms with Gasteiger partial charge in [0.1, 0.15) is 5.82 Å². The summed E-state index contributed by atoms with van der Waals surface area (Å²) in [5.41, 5.74) is 1.05. The summed E-state index contributed by atoms with van der Waals surface area (Å²) in [7, 11) is 2.10. The molecule has 0 bridgehead atoms. The summed E-state index contributed by atoms with van der Waals surface area (Å²) in [5, 5.41) is 0. The Balaban J connectivity index is 1.80. The van der Waals surface area contributed by atoms with Crippen molar-refractivity contribution in [3.05, 3.63) is 35.6 Å². The number of halogens is 2. The Bertz CT molecular complexity index is 350. The van der Waals surface area contributed by atoms with Crippen LogP contribution in [0.25, 0.3) is 0 Å². The van der Waals surface area contributed by atoms with E-state index >= 15 is 0 Å². The molecule has 0 unspecified atom stereocenters. The van der Waals surface area contributed by atoms with Gasteiger partial charge in [0.05, 0.1) is 0 Å². The van der Waals surface area contributed by atoms with E-state index in [1.54, 1.807) is 12.1 Å². The van der Waals surface area contributed by atoms with Crippen LogP contribution in [0, 0.1) is 11.7 Å². The minimum absolute atomic E-state index is 0.143. The second-order valence-electron chi connectivity index (χ2n) is 4.76. The van der Waals surface area contributed by atoms with Crippen LogP contribution in [0.15, 0.2) is 24.3 Å². The van der Waals surface area contributed by atoms with Crippen molar-refractivity contribution in [1.29, 1.82) is 0 Å². The van der Waals surface area contributed by atoms with Gasteiger partial charge in [0.2, 0.25) is 0 Å². The number of hydrogen-bond acceptors (Lipinski definition) is 1. The number of hydrogen-bond donors (Lipinski definition) is 0. The van der Waals surface area contributed by atoms with E-state index in [9.17, 15) is 4.39 Å². The van der Waals surface area contributed by atoms with Gasteiger partial charge in [-0.15, -0.1) is 0 Å². The van der Waals surface area contributed by atoms with E-state index in [1.807, 2.05) is 6.07 Å². The lowest BCUT2D eigenvalue weighted by Gasteiger charge is -2.34. The van der Waals surface area contributed by atoms with Crippen molar-refractivity contribution < 1.29 is 4.39 Å². The lowest BCUT2D eigenvalue weighted by Crippen LogP contribution is -2.34. The summed E-state index contributed by atoms with van der Waals surface area (Å²) in [6.45, 7) is 1.94. The molecule has 1 aromatic carbocycles. The Kier molecular flexibility index (Phi) is 3.98. The molecular formula is C13H17BrFN. The minimum Gasteiger partial charge on any atom is -0.302 e. The third-order valence-electron chi connectivity index (χ3n) is 3.09. The van der Waals surface area contributed by atoms with Crippen LogP contribution in [0.4, 0.5) is 4.39 Å². The normalized spacial score (nSPS) is 24.5. The van der Waals surface area contributed by atoms with E-state index in [0.717, 1.165) is 29.4 Å². The van der Waals surface area contributed by atoms with Crippen molar-refractivity contribution in [2.24, 2.45) is 5.92 Å². The maximum absolute atomic E-state index is 13.0. The topological polar surface area (TPSA) is 3.24 Å². The van der Waals surface area contributed by atoms with Crippen LogP contribution in [-0.2, 0) is 6.54 Å². The predicted molar refractivity (Wildman–Crippen MR) is 68.2 cm³/mol. The Morgan fingerprint density at radius 2 is 2.19 bits per heavy atom. The fourth-order valence-electron chi connectivity index (χ4n) is 2.26. The molecule has 1 aromatic rings. The second kappa shape index (κ2) is 5.28. The summed E-state index contributed by atoms with van der Waals surface area (Å²) in [5.74, 6) is 0.665. The highest BCUT2D eigenvalue weighted by Gasteiger charge is 2.27. The van der Waals surface area contributed by atoms with Crippen LogP contribution in [0.5, 0.6) is 0 Å². The first-order valence-electron chi connectivity index (χ1n) is 5.70. The number of benzene rings is 1. The van der Waals surface area contributed by atoms with E-state index in [1.165, 1.54) is 18.9 Å². The fourth-order valence-corrected chi connectivity index (χ4v) is 3.31. The van der Waals surface area contributed by atoms with Crippen LogP contribution in [0.1, 0.15) is 18.4 Å². The van der Waals surface area contributed by atoms with Crippen molar-refractivity contribution in [2.75, 3.05) is 13.6 Å². The maximum Gasteiger partial charge on any atom is 0.123 e. The van der Waals surface area contributed by atoms with Gasteiger partial charge in [-0.25, -0.2) is 4.39 Å². The highest BCUT2D eigenvalue weighted by molar-refractivity contribution is 9.09. The monoisotopic (exact) mass is 285 g/mol. The molecule has 1 nitrogen and oxygen atoms in total. The molecule has 88 valence electrons. The van der Waals surface area contributed by atoms with Crippen molar-refractivity contribution in [1.82, 2.24) is 4.90 Å². The Morgan fingerprint density at radius 3 is 2.81 bits per heavy atom. The minimum atomic E-state index is -0.143. The fraction of sp³-hybridized carbons (Fsp3) is 0.538. The lowest BCUT2D eigenvalue weighted by atomic mass is 9.85. The number of rotatable bonds is 4. The predicted octanol–water partition coefficient (Wildman–Crippen LogP) is 3.43. The molecule has 0 atom stereocenters. The van der Waals surface area contributed by atoms with Crippen LogP contribution < -0.4 is 0 Å². The standard InChI is InChI=1S/C13H17BrFN/c1-16(9-11-5-12(14)6-11)8-10-3-2-4-13(15)7-10/h2-4,7,11-12H,5-6,8-9H2,1H3. The van der Waals surface area contributed by atoms with Gasteiger partial charge in [-0.05, 0) is 43.5 Å². The molecular weight excluding hydrogens is 269 g/mol. The van der Waals surface area contributed by atoms with Crippen molar-refractivity contribution in [2.45, 2.75) is 24.2 Å². The van der Waals surface area contributed by atoms with Gasteiger partial charge < -0.3 is 4.90 Å². The lowest BCUT2D eigenvalue weighted by molar-refractivity contribution is 0.208. The first kappa shape index (κ1) is 12.1. The zero-order valence-electron chi connectivity index (χ0n) is 9.50. The highest BCUT2D eigenvalue weighted by atomic mass is 79.9. The van der Waals surface area contributed by atoms with E-state index in [-0.39, 0.29) is 5.82 Å². The van der Waals surface area contributed by atoms with E-state index < -0.39 is 0 Å². The molecule has 1 aliphatic rings. The zero-order valence-corrected chi connectivity index (χ0v) is 11.1. The molecule has 0 N–H and O–H groups in total. The van der Waals surface area contributed by atoms with Gasteiger partial charge >= 0.3 is 0 Å². The second-order valence-corrected chi connectivity index (χ2v) is 6.06. The van der Waals surface area contributed by atoms with E-state index in [4.69, 9.17) is 0 Å². The van der Waals surface area contributed by atoms with Crippen LogP contribution in [0.2, 0.25) is 0 Å². The molecule has 0 aromatic heterocycles. The van der Waals surface area contributed by atoms with E-state index in [0.29, 0.717) is 0 Å². The molecule has 0 spiro atoms. The SMILES string of the molecule is CN(Cc1cccc(F)c1)CC1CC(Br)C1. The maximum atomic E-state index is 13.0. The largest absolute Gasteiger partial charge is 0.302 e. The zero-order chi connectivity index (χ0) is 11.5. The average Bonchev–Trinajstić information content (AvgIpc) is 2.15. The molecule has 16 heavy (non-hydrogen) atoms. The molecule has 0 radical (unpaired) electrons. The summed E-state index contributed by atoms with van der Waals surface area (Å²) >= 11 is 3.60. The average molecular weight is 286 g/mol. The van der Waals surface area contributed by atoms with Crippen molar-refractivity contribution >= 4 is 15.9 Å². The van der Waals surface area contributed by atoms with Crippen LogP contribution >= 0.6 is 15.9 Å².